The Morgan fingerprint density at radius 2 is 2.23 bits per heavy atom. The highest BCUT2D eigenvalue weighted by molar-refractivity contribution is 5.77. The molecule has 76 valence electrons. The molecule has 0 spiro atoms. The molecule has 1 N–H and O–H groups in total. The Morgan fingerprint density at radius 1 is 1.54 bits per heavy atom. The second-order valence-corrected chi connectivity index (χ2v) is 2.92. The molecule has 0 bridgehead atoms. The van der Waals surface area contributed by atoms with E-state index in [-0.39, 0.29) is 12.5 Å². The average Bonchev–Trinajstić information content (AvgIpc) is 2.17. The maximum atomic E-state index is 11.2. The zero-order chi connectivity index (χ0) is 10.1. The highest BCUT2D eigenvalue weighted by Gasteiger charge is 2.08. The molecule has 0 unspecified atom stereocenters. The molecule has 0 aliphatic rings. The van der Waals surface area contributed by atoms with Crippen LogP contribution < -0.4 is 0 Å². The molecule has 0 heterocycles. The largest absolute Gasteiger partial charge is 0.387 e. The first-order chi connectivity index (χ1) is 6.26. The van der Waals surface area contributed by atoms with Crippen LogP contribution in [0.2, 0.25) is 0 Å². The summed E-state index contributed by atoms with van der Waals surface area (Å²) < 4.78 is 0. The van der Waals surface area contributed by atoms with E-state index in [1.54, 1.807) is 4.90 Å². The van der Waals surface area contributed by atoms with E-state index in [2.05, 4.69) is 6.92 Å². The monoisotopic (exact) mass is 185 g/mol. The molecule has 3 heteroatoms. The van der Waals surface area contributed by atoms with Crippen molar-refractivity contribution < 1.29 is 9.90 Å². The van der Waals surface area contributed by atoms with E-state index < -0.39 is 0 Å². The van der Waals surface area contributed by atoms with Gasteiger partial charge in [0.1, 0.15) is 6.61 Å². The summed E-state index contributed by atoms with van der Waals surface area (Å²) >= 11 is 0. The molecule has 0 aromatic carbocycles. The van der Waals surface area contributed by atoms with E-state index in [4.69, 9.17) is 5.11 Å². The lowest BCUT2D eigenvalue weighted by molar-refractivity contribution is -0.133. The number of carbonyl (C=O) groups excluding carboxylic acids is 1. The van der Waals surface area contributed by atoms with Crippen LogP contribution in [0.1, 0.15) is 26.7 Å². The summed E-state index contributed by atoms with van der Waals surface area (Å²) in [6.07, 6.45) is 5.88. The Balaban J connectivity index is 3.94. The SMILES string of the molecule is C/C=C/CN(CCCC)C(=O)CO. The van der Waals surface area contributed by atoms with Crippen molar-refractivity contribution in [3.63, 3.8) is 0 Å². The van der Waals surface area contributed by atoms with Crippen molar-refractivity contribution in [3.8, 4) is 0 Å². The summed E-state index contributed by atoms with van der Waals surface area (Å²) in [6, 6.07) is 0. The number of hydrogen-bond donors (Lipinski definition) is 1. The van der Waals surface area contributed by atoms with Crippen LogP contribution in [0.3, 0.4) is 0 Å². The van der Waals surface area contributed by atoms with Crippen LogP contribution >= 0.6 is 0 Å². The van der Waals surface area contributed by atoms with Gasteiger partial charge in [0.05, 0.1) is 0 Å². The van der Waals surface area contributed by atoms with Gasteiger partial charge in [0.25, 0.3) is 0 Å². The van der Waals surface area contributed by atoms with Crippen LogP contribution in [0, 0.1) is 0 Å². The first kappa shape index (κ1) is 12.2. The zero-order valence-corrected chi connectivity index (χ0v) is 8.49. The maximum absolute atomic E-state index is 11.2. The minimum Gasteiger partial charge on any atom is -0.387 e. The van der Waals surface area contributed by atoms with Crippen molar-refractivity contribution in [1.29, 1.82) is 0 Å². The smallest absolute Gasteiger partial charge is 0.248 e. The van der Waals surface area contributed by atoms with Crippen LogP contribution in [0.25, 0.3) is 0 Å². The highest BCUT2D eigenvalue weighted by Crippen LogP contribution is 1.96. The minimum absolute atomic E-state index is 0.188. The molecule has 0 atom stereocenters. The number of amides is 1. The second-order valence-electron chi connectivity index (χ2n) is 2.92. The first-order valence-corrected chi connectivity index (χ1v) is 4.76. The van der Waals surface area contributed by atoms with Gasteiger partial charge in [-0.3, -0.25) is 4.79 Å². The first-order valence-electron chi connectivity index (χ1n) is 4.76. The van der Waals surface area contributed by atoms with Gasteiger partial charge in [-0.1, -0.05) is 25.5 Å². The topological polar surface area (TPSA) is 40.5 Å². The number of nitrogens with zero attached hydrogens (tertiary/aromatic N) is 1. The standard InChI is InChI=1S/C10H19NO2/c1-3-5-7-11(8-6-4-2)10(13)9-12/h3,5,12H,4,6-9H2,1-2H3/b5-3+. The van der Waals surface area contributed by atoms with Gasteiger partial charge in [0.2, 0.25) is 5.91 Å². The van der Waals surface area contributed by atoms with Gasteiger partial charge in [-0.05, 0) is 13.3 Å². The van der Waals surface area contributed by atoms with Crippen LogP contribution in [0.4, 0.5) is 0 Å². The Kier molecular flexibility index (Phi) is 7.30. The van der Waals surface area contributed by atoms with Gasteiger partial charge < -0.3 is 10.0 Å². The predicted molar refractivity (Wildman–Crippen MR) is 53.4 cm³/mol. The molecule has 0 aliphatic heterocycles. The van der Waals surface area contributed by atoms with Gasteiger partial charge in [-0.2, -0.15) is 0 Å². The maximum Gasteiger partial charge on any atom is 0.248 e. The summed E-state index contributed by atoms with van der Waals surface area (Å²) in [4.78, 5) is 12.8. The van der Waals surface area contributed by atoms with Gasteiger partial charge in [0.15, 0.2) is 0 Å². The molecule has 0 saturated heterocycles. The van der Waals surface area contributed by atoms with Crippen LogP contribution in [-0.4, -0.2) is 35.6 Å². The number of allylic oxidation sites excluding steroid dienone is 1. The van der Waals surface area contributed by atoms with Crippen molar-refractivity contribution in [1.82, 2.24) is 4.90 Å². The molecule has 0 aromatic rings. The van der Waals surface area contributed by atoms with Crippen molar-refractivity contribution >= 4 is 5.91 Å². The molecule has 3 nitrogen and oxygen atoms in total. The number of hydrogen-bond acceptors (Lipinski definition) is 2. The molecule has 0 aromatic heterocycles. The quantitative estimate of drug-likeness (QED) is 0.631. The second kappa shape index (κ2) is 7.80. The molecule has 0 saturated carbocycles. The number of aliphatic hydroxyl groups excluding tert-OH is 1. The van der Waals surface area contributed by atoms with Crippen molar-refractivity contribution in [2.75, 3.05) is 19.7 Å². The third kappa shape index (κ3) is 5.42. The Labute approximate surface area is 80.0 Å². The normalized spacial score (nSPS) is 10.7. The third-order valence-electron chi connectivity index (χ3n) is 1.83. The van der Waals surface area contributed by atoms with Crippen molar-refractivity contribution in [2.24, 2.45) is 0 Å². The van der Waals surface area contributed by atoms with E-state index in [1.165, 1.54) is 0 Å². The summed E-state index contributed by atoms with van der Waals surface area (Å²) in [6.45, 7) is 4.95. The fourth-order valence-corrected chi connectivity index (χ4v) is 0.999. The zero-order valence-electron chi connectivity index (χ0n) is 8.49. The molecule has 0 radical (unpaired) electrons. The number of carbonyl (C=O) groups is 1. The van der Waals surface area contributed by atoms with Gasteiger partial charge in [-0.15, -0.1) is 0 Å². The van der Waals surface area contributed by atoms with E-state index in [1.807, 2.05) is 19.1 Å². The Bertz CT molecular complexity index is 166. The van der Waals surface area contributed by atoms with Gasteiger partial charge >= 0.3 is 0 Å². The fourth-order valence-electron chi connectivity index (χ4n) is 0.999. The summed E-state index contributed by atoms with van der Waals surface area (Å²) in [5, 5.41) is 8.69. The van der Waals surface area contributed by atoms with E-state index in [0.29, 0.717) is 6.54 Å². The summed E-state index contributed by atoms with van der Waals surface area (Å²) in [5.41, 5.74) is 0. The predicted octanol–water partition coefficient (Wildman–Crippen LogP) is 1.18. The van der Waals surface area contributed by atoms with Crippen molar-refractivity contribution in [3.05, 3.63) is 12.2 Å². The summed E-state index contributed by atoms with van der Waals surface area (Å²) in [7, 11) is 0. The number of unbranched alkanes of at least 4 members (excludes halogenated alkanes) is 1. The molecule has 0 rings (SSSR count). The van der Waals surface area contributed by atoms with E-state index in [0.717, 1.165) is 19.4 Å². The van der Waals surface area contributed by atoms with Crippen LogP contribution in [-0.2, 0) is 4.79 Å². The third-order valence-corrected chi connectivity index (χ3v) is 1.83. The lowest BCUT2D eigenvalue weighted by Gasteiger charge is -2.19. The lowest BCUT2D eigenvalue weighted by atomic mass is 10.3. The van der Waals surface area contributed by atoms with Gasteiger partial charge in [-0.25, -0.2) is 0 Å². The fraction of sp³-hybridized carbons (Fsp3) is 0.700. The van der Waals surface area contributed by atoms with E-state index >= 15 is 0 Å². The molecule has 0 fully saturated rings. The number of aliphatic hydroxyl groups is 1. The molecular formula is C10H19NO2. The van der Waals surface area contributed by atoms with Crippen LogP contribution in [0.15, 0.2) is 12.2 Å². The molecule has 0 aliphatic carbocycles. The summed E-state index contributed by atoms with van der Waals surface area (Å²) in [5.74, 6) is -0.188. The Morgan fingerprint density at radius 3 is 2.69 bits per heavy atom. The average molecular weight is 185 g/mol. The highest BCUT2D eigenvalue weighted by atomic mass is 16.3. The van der Waals surface area contributed by atoms with Crippen molar-refractivity contribution in [2.45, 2.75) is 26.7 Å². The molecule has 13 heavy (non-hydrogen) atoms. The van der Waals surface area contributed by atoms with Gasteiger partial charge in [0, 0.05) is 13.1 Å². The Hall–Kier alpha value is -0.830. The molecule has 1 amide bonds. The lowest BCUT2D eigenvalue weighted by Crippen LogP contribution is -2.34. The van der Waals surface area contributed by atoms with E-state index in [9.17, 15) is 4.79 Å². The number of rotatable bonds is 6. The molecular weight excluding hydrogens is 166 g/mol. The minimum atomic E-state index is -0.388. The van der Waals surface area contributed by atoms with Crippen LogP contribution in [0.5, 0.6) is 0 Å².